The molecule has 0 radical (unpaired) electrons. The normalized spacial score (nSPS) is 13.5. The van der Waals surface area contributed by atoms with E-state index in [1.165, 1.54) is 42.1 Å². The van der Waals surface area contributed by atoms with Gasteiger partial charge in [0.1, 0.15) is 22.5 Å². The molecule has 156 valence electrons. The fraction of sp³-hybridized carbons (Fsp3) is 0.0909. The van der Waals surface area contributed by atoms with Gasteiger partial charge in [0.25, 0.3) is 0 Å². The molecule has 3 aromatic rings. The third-order valence-corrected chi connectivity index (χ3v) is 4.59. The van der Waals surface area contributed by atoms with Gasteiger partial charge in [-0.25, -0.2) is 14.0 Å². The van der Waals surface area contributed by atoms with E-state index in [0.29, 0.717) is 22.4 Å². The molecule has 1 aromatic heterocycles. The van der Waals surface area contributed by atoms with Crippen LogP contribution in [0.2, 0.25) is 0 Å². The average Bonchev–Trinajstić information content (AvgIpc) is 3.09. The molecule has 2 aromatic carbocycles. The second kappa shape index (κ2) is 8.23. The molecule has 0 atom stereocenters. The number of hydrogen-bond acceptors (Lipinski definition) is 7. The molecular weight excluding hydrogens is 403 g/mol. The molecule has 4 rings (SSSR count). The predicted molar refractivity (Wildman–Crippen MR) is 111 cm³/mol. The number of allylic oxidation sites excluding steroid dienone is 2. The van der Waals surface area contributed by atoms with Crippen LogP contribution in [-0.4, -0.2) is 41.2 Å². The Morgan fingerprint density at radius 1 is 0.871 bits per heavy atom. The zero-order chi connectivity index (χ0) is 22.0. The molecule has 8 nitrogen and oxygen atoms in total. The Hall–Kier alpha value is -4.27. The number of carbonyl (C=O) groups is 2. The number of fused-ring (bicyclic) bond motifs is 1. The molecule has 1 aliphatic rings. The lowest BCUT2D eigenvalue weighted by atomic mass is 10.1. The van der Waals surface area contributed by atoms with Crippen molar-refractivity contribution in [2.24, 2.45) is 0 Å². The summed E-state index contributed by atoms with van der Waals surface area (Å²) in [7, 11) is 2.47. The first-order valence-electron chi connectivity index (χ1n) is 9.20. The van der Waals surface area contributed by atoms with Gasteiger partial charge in [-0.3, -0.25) is 0 Å². The van der Waals surface area contributed by atoms with Gasteiger partial charge in [0.15, 0.2) is 0 Å². The molecule has 0 bridgehead atoms. The largest absolute Gasteiger partial charge is 0.465 e. The summed E-state index contributed by atoms with van der Waals surface area (Å²) in [5.74, 6) is -1.73. The minimum absolute atomic E-state index is 0.00428. The van der Waals surface area contributed by atoms with E-state index in [2.05, 4.69) is 10.2 Å². The SMILES string of the molecule is COC(=O)C1=C(C(=O)OC)N(c2ccc3nn(-c4ccc(F)cc4)nc3c2)C=CC=C1. The zero-order valence-corrected chi connectivity index (χ0v) is 16.7. The van der Waals surface area contributed by atoms with Crippen LogP contribution in [0.1, 0.15) is 0 Å². The van der Waals surface area contributed by atoms with E-state index < -0.39 is 11.9 Å². The molecule has 0 spiro atoms. The summed E-state index contributed by atoms with van der Waals surface area (Å²) in [6.07, 6.45) is 6.42. The second-order valence-corrected chi connectivity index (χ2v) is 6.45. The smallest absolute Gasteiger partial charge is 0.355 e. The van der Waals surface area contributed by atoms with Gasteiger partial charge in [0.2, 0.25) is 0 Å². The Labute approximate surface area is 176 Å². The van der Waals surface area contributed by atoms with E-state index in [1.807, 2.05) is 0 Å². The summed E-state index contributed by atoms with van der Waals surface area (Å²) in [4.78, 5) is 27.7. The molecule has 0 saturated heterocycles. The Kier molecular flexibility index (Phi) is 5.31. The van der Waals surface area contributed by atoms with Crippen LogP contribution in [0.5, 0.6) is 0 Å². The fourth-order valence-electron chi connectivity index (χ4n) is 3.11. The second-order valence-electron chi connectivity index (χ2n) is 6.45. The number of rotatable bonds is 4. The quantitative estimate of drug-likeness (QED) is 0.600. The minimum atomic E-state index is -0.702. The van der Waals surface area contributed by atoms with E-state index in [9.17, 15) is 14.0 Å². The van der Waals surface area contributed by atoms with Gasteiger partial charge in [-0.1, -0.05) is 6.08 Å². The number of hydrogen-bond donors (Lipinski definition) is 0. The van der Waals surface area contributed by atoms with Crippen LogP contribution < -0.4 is 4.90 Å². The number of benzene rings is 2. The summed E-state index contributed by atoms with van der Waals surface area (Å²) in [5.41, 5.74) is 2.35. The van der Waals surface area contributed by atoms with Gasteiger partial charge in [0, 0.05) is 11.9 Å². The van der Waals surface area contributed by atoms with Gasteiger partial charge < -0.3 is 14.4 Å². The van der Waals surface area contributed by atoms with Crippen molar-refractivity contribution in [3.8, 4) is 5.69 Å². The highest BCUT2D eigenvalue weighted by atomic mass is 19.1. The number of anilines is 1. The molecular formula is C22H17FN4O4. The Morgan fingerprint density at radius 2 is 1.55 bits per heavy atom. The number of carbonyl (C=O) groups excluding carboxylic acids is 2. The lowest BCUT2D eigenvalue weighted by Gasteiger charge is -2.22. The summed E-state index contributed by atoms with van der Waals surface area (Å²) < 4.78 is 22.9. The number of ether oxygens (including phenoxy) is 2. The number of aromatic nitrogens is 3. The van der Waals surface area contributed by atoms with E-state index in [0.717, 1.165) is 0 Å². The summed E-state index contributed by atoms with van der Waals surface area (Å²) in [6, 6.07) is 11.0. The third-order valence-electron chi connectivity index (χ3n) is 4.59. The number of esters is 2. The van der Waals surface area contributed by atoms with E-state index >= 15 is 0 Å². The zero-order valence-electron chi connectivity index (χ0n) is 16.7. The first-order chi connectivity index (χ1) is 15.0. The van der Waals surface area contributed by atoms with Crippen LogP contribution in [-0.2, 0) is 19.1 Å². The van der Waals surface area contributed by atoms with Crippen LogP contribution in [0.25, 0.3) is 16.7 Å². The maximum Gasteiger partial charge on any atom is 0.355 e. The monoisotopic (exact) mass is 420 g/mol. The molecule has 31 heavy (non-hydrogen) atoms. The van der Waals surface area contributed by atoms with Crippen LogP contribution >= 0.6 is 0 Å². The molecule has 0 unspecified atom stereocenters. The van der Waals surface area contributed by atoms with Crippen molar-refractivity contribution in [1.82, 2.24) is 15.0 Å². The molecule has 0 N–H and O–H groups in total. The molecule has 9 heteroatoms. The van der Waals surface area contributed by atoms with E-state index in [1.54, 1.807) is 48.7 Å². The summed E-state index contributed by atoms with van der Waals surface area (Å²) in [6.45, 7) is 0. The molecule has 0 amide bonds. The highest BCUT2D eigenvalue weighted by molar-refractivity contribution is 6.05. The van der Waals surface area contributed by atoms with Crippen molar-refractivity contribution >= 4 is 28.7 Å². The molecule has 1 aliphatic heterocycles. The van der Waals surface area contributed by atoms with E-state index in [-0.39, 0.29) is 17.1 Å². The number of methoxy groups -OCH3 is 2. The number of nitrogens with zero attached hydrogens (tertiary/aromatic N) is 4. The first kappa shape index (κ1) is 20.0. The van der Waals surface area contributed by atoms with Gasteiger partial charge in [0.05, 0.1) is 25.5 Å². The van der Waals surface area contributed by atoms with Gasteiger partial charge in [-0.15, -0.1) is 10.2 Å². The van der Waals surface area contributed by atoms with Gasteiger partial charge >= 0.3 is 11.9 Å². The highest BCUT2D eigenvalue weighted by Crippen LogP contribution is 2.28. The molecule has 2 heterocycles. The molecule has 0 aliphatic carbocycles. The van der Waals surface area contributed by atoms with Crippen molar-refractivity contribution in [2.45, 2.75) is 0 Å². The Morgan fingerprint density at radius 3 is 2.26 bits per heavy atom. The van der Waals surface area contributed by atoms with Crippen LogP contribution in [0, 0.1) is 5.82 Å². The Bertz CT molecular complexity index is 1260. The van der Waals surface area contributed by atoms with Crippen LogP contribution in [0.15, 0.2) is 78.2 Å². The summed E-state index contributed by atoms with van der Waals surface area (Å²) >= 11 is 0. The lowest BCUT2D eigenvalue weighted by Crippen LogP contribution is -2.26. The summed E-state index contributed by atoms with van der Waals surface area (Å²) in [5, 5.41) is 8.85. The van der Waals surface area contributed by atoms with Gasteiger partial charge in [-0.05, 0) is 54.6 Å². The average molecular weight is 420 g/mol. The maximum atomic E-state index is 13.2. The minimum Gasteiger partial charge on any atom is -0.465 e. The van der Waals surface area contributed by atoms with Crippen LogP contribution in [0.3, 0.4) is 0 Å². The van der Waals surface area contributed by atoms with Gasteiger partial charge in [-0.2, -0.15) is 4.80 Å². The van der Waals surface area contributed by atoms with E-state index in [4.69, 9.17) is 9.47 Å². The topological polar surface area (TPSA) is 86.6 Å². The van der Waals surface area contributed by atoms with Crippen molar-refractivity contribution in [2.75, 3.05) is 19.1 Å². The van der Waals surface area contributed by atoms with Crippen molar-refractivity contribution in [3.05, 3.63) is 84.0 Å². The standard InChI is InChI=1S/C22H17FN4O4/c1-30-21(28)17-5-3-4-12-26(20(17)22(29)31-2)16-10-11-18-19(13-16)25-27(24-18)15-8-6-14(23)7-9-15/h3-13H,1-2H3. The highest BCUT2D eigenvalue weighted by Gasteiger charge is 2.27. The predicted octanol–water partition coefficient (Wildman–Crippen LogP) is 3.05. The number of halogens is 1. The third kappa shape index (κ3) is 3.80. The molecule has 0 saturated carbocycles. The first-order valence-corrected chi connectivity index (χ1v) is 9.20. The lowest BCUT2D eigenvalue weighted by molar-refractivity contribution is -0.139. The Balaban J connectivity index is 1.81. The molecule has 0 fully saturated rings. The van der Waals surface area contributed by atoms with Crippen LogP contribution in [0.4, 0.5) is 10.1 Å². The van der Waals surface area contributed by atoms with Crippen molar-refractivity contribution in [1.29, 1.82) is 0 Å². The van der Waals surface area contributed by atoms with Crippen molar-refractivity contribution in [3.63, 3.8) is 0 Å². The maximum absolute atomic E-state index is 13.2. The fourth-order valence-corrected chi connectivity index (χ4v) is 3.11. The van der Waals surface area contributed by atoms with Crippen molar-refractivity contribution < 1.29 is 23.5 Å².